The second-order valence-electron chi connectivity index (χ2n) is 28.1. The minimum Gasteiger partial charge on any atom is -0.494 e. The molecule has 5 aromatic carbocycles. The number of rotatable bonds is 10. The van der Waals surface area contributed by atoms with Crippen LogP contribution in [0.4, 0.5) is 37.1 Å². The van der Waals surface area contributed by atoms with Gasteiger partial charge in [-0.25, -0.2) is 34.0 Å². The molecule has 624 valence electrons. The molecule has 1 aromatic heterocycles. The van der Waals surface area contributed by atoms with E-state index in [4.69, 9.17) is 14.2 Å². The van der Waals surface area contributed by atoms with E-state index in [1.165, 1.54) is 133 Å². The predicted molar refractivity (Wildman–Crippen MR) is 419 cm³/mol. The summed E-state index contributed by atoms with van der Waals surface area (Å²) in [5.74, 6) is -10.9. The minimum absolute atomic E-state index is 0.0521. The van der Waals surface area contributed by atoms with E-state index < -0.39 is 124 Å². The summed E-state index contributed by atoms with van der Waals surface area (Å²) < 4.78 is 16.3. The molecule has 4 aliphatic heterocycles. The van der Waals surface area contributed by atoms with E-state index in [9.17, 15) is 111 Å². The van der Waals surface area contributed by atoms with Gasteiger partial charge in [0, 0.05) is 123 Å². The van der Waals surface area contributed by atoms with E-state index in [0.717, 1.165) is 90.7 Å². The molecule has 0 radical (unpaired) electrons. The van der Waals surface area contributed by atoms with Gasteiger partial charge in [0.2, 0.25) is 29.5 Å². The Hall–Kier alpha value is -16.0. The molecule has 0 fully saturated rings. The Labute approximate surface area is 682 Å². The first kappa shape index (κ1) is 92.9. The second kappa shape index (κ2) is 39.4. The number of hydrogen-bond acceptors (Lipinski definition) is 26. The molecule has 39 nitrogen and oxygen atoms in total. The van der Waals surface area contributed by atoms with Crippen LogP contribution in [0.25, 0.3) is 5.69 Å². The van der Waals surface area contributed by atoms with E-state index in [1.54, 1.807) is 86.6 Å². The molecule has 10 rings (SSSR count). The lowest BCUT2D eigenvalue weighted by molar-refractivity contribution is -0.153. The maximum atomic E-state index is 12.9. The maximum absolute atomic E-state index is 12.9. The third kappa shape index (κ3) is 25.3. The van der Waals surface area contributed by atoms with Gasteiger partial charge in [0.15, 0.2) is 17.5 Å². The standard InChI is InChI=1S/C20H21N3O7.C18H19N3O6.C16H17N3O5.C15H13N3O5.C12H9NO3/c1-12(24)22(23(13(2)25)19(29)30-20(3,4)5)18(28)14-6-8-15(9-7-14)21-16(26)10-11-17(21)27;1-11(22)21(17(26)27-18(2,3)4)19-16(25)12-5-7-13(8-6-12)20-14(23)9-10-15(20)24;1-16(2,3)24-15(23)18-17-14(22)10-4-6-11(7-5-10)19-12(20)8-9-13(19)21;1-9(19)18(10(2)20)16-15(23)11-3-5-12(6-4-11)17-13(21)7-8-14(17)22;1-8(14)9-2-4-10(5-3-9)13-11(15)6-7-12(13)16/h6-11H,1-5H3;5-10H,1-4H3,(H,19,25);4-9,20-21H,1-3H3;3-8H,1-2H3,(H,16,23);2-7H,1H3. The molecule has 0 saturated carbocycles. The number of hydrazine groups is 3. The van der Waals surface area contributed by atoms with Crippen molar-refractivity contribution in [3.8, 4) is 17.4 Å². The quantitative estimate of drug-likeness (QED) is 0.0329. The van der Waals surface area contributed by atoms with E-state index in [0.29, 0.717) is 48.3 Å². The van der Waals surface area contributed by atoms with E-state index in [-0.39, 0.29) is 57.3 Å². The topological polar surface area (TPSA) is 506 Å². The number of ether oxygens (including phenoxy) is 3. The first-order valence-corrected chi connectivity index (χ1v) is 35.3. The van der Waals surface area contributed by atoms with Crippen LogP contribution in [0.15, 0.2) is 192 Å². The number of anilines is 4. The number of hydrogen-bond donors (Lipinski definition) is 4. The Bertz CT molecular complexity index is 5220. The fourth-order valence-electron chi connectivity index (χ4n) is 10.0. The van der Waals surface area contributed by atoms with Crippen LogP contribution in [0.5, 0.6) is 11.8 Å². The van der Waals surface area contributed by atoms with Crippen molar-refractivity contribution < 1.29 is 125 Å². The van der Waals surface area contributed by atoms with Crippen LogP contribution < -0.4 is 30.5 Å². The zero-order chi connectivity index (χ0) is 89.9. The summed E-state index contributed by atoms with van der Waals surface area (Å²) in [6, 6.07) is 31.2. The predicted octanol–water partition coefficient (Wildman–Crippen LogP) is 8.24. The Morgan fingerprint density at radius 2 is 0.592 bits per heavy atom. The minimum atomic E-state index is -1.19. The number of benzene rings is 5. The Morgan fingerprint density at radius 3 is 0.883 bits per heavy atom. The number of ketones is 1. The van der Waals surface area contributed by atoms with Crippen molar-refractivity contribution in [1.82, 2.24) is 35.5 Å². The van der Waals surface area contributed by atoms with Crippen molar-refractivity contribution in [3.05, 3.63) is 210 Å². The first-order valence-electron chi connectivity index (χ1n) is 35.3. The number of carbonyl (C=O) groups is 21. The molecular formula is C81H79N13O26. The highest BCUT2D eigenvalue weighted by molar-refractivity contribution is 6.30. The molecule has 0 spiro atoms. The van der Waals surface area contributed by atoms with Gasteiger partial charge in [-0.05, 0) is 191 Å². The molecule has 0 unspecified atom stereocenters. The number of aromatic hydroxyl groups is 2. The number of azo groups is 1. The molecule has 0 saturated heterocycles. The van der Waals surface area contributed by atoms with Gasteiger partial charge >= 0.3 is 18.3 Å². The number of nitrogens with one attached hydrogen (secondary N) is 2. The summed E-state index contributed by atoms with van der Waals surface area (Å²) in [6.45, 7) is 21.5. The molecule has 6 aromatic rings. The van der Waals surface area contributed by atoms with Gasteiger partial charge in [-0.15, -0.1) is 5.01 Å². The summed E-state index contributed by atoms with van der Waals surface area (Å²) in [5, 5.41) is 27.6. The average molecular weight is 1650 g/mol. The first-order chi connectivity index (χ1) is 55.9. The van der Waals surface area contributed by atoms with Crippen molar-refractivity contribution in [2.24, 2.45) is 10.2 Å². The van der Waals surface area contributed by atoms with Gasteiger partial charge in [0.1, 0.15) is 16.8 Å². The van der Waals surface area contributed by atoms with Crippen LogP contribution in [-0.4, -0.2) is 176 Å². The van der Waals surface area contributed by atoms with Crippen LogP contribution in [0, 0.1) is 0 Å². The van der Waals surface area contributed by atoms with Crippen molar-refractivity contribution in [2.75, 3.05) is 19.6 Å². The Morgan fingerprint density at radius 1 is 0.317 bits per heavy atom. The number of nitrogens with zero attached hydrogens (tertiary/aromatic N) is 11. The summed E-state index contributed by atoms with van der Waals surface area (Å²) in [5.41, 5.74) is 4.52. The molecule has 0 aliphatic carbocycles. The fourth-order valence-corrected chi connectivity index (χ4v) is 10.0. The molecule has 120 heavy (non-hydrogen) atoms. The van der Waals surface area contributed by atoms with Crippen molar-refractivity contribution >= 4 is 147 Å². The lowest BCUT2D eigenvalue weighted by Gasteiger charge is -2.31. The molecule has 5 heterocycles. The molecular weight excluding hydrogens is 1570 g/mol. The van der Waals surface area contributed by atoms with Crippen molar-refractivity contribution in [3.63, 3.8) is 0 Å². The molecule has 4 aliphatic rings. The van der Waals surface area contributed by atoms with Crippen molar-refractivity contribution in [2.45, 2.75) is 121 Å². The van der Waals surface area contributed by atoms with Crippen molar-refractivity contribution in [1.29, 1.82) is 0 Å². The zero-order valence-electron chi connectivity index (χ0n) is 66.9. The second-order valence-corrected chi connectivity index (χ2v) is 28.1. The maximum Gasteiger partial charge on any atom is 0.453 e. The number of aromatic nitrogens is 1. The van der Waals surface area contributed by atoms with Crippen LogP contribution >= 0.6 is 0 Å². The average Bonchev–Trinajstić information content (AvgIpc) is 1.27. The van der Waals surface area contributed by atoms with E-state index in [1.807, 2.05) is 0 Å². The highest BCUT2D eigenvalue weighted by Crippen LogP contribution is 2.29. The van der Waals surface area contributed by atoms with E-state index >= 15 is 0 Å². The lowest BCUT2D eigenvalue weighted by atomic mass is 10.1. The van der Waals surface area contributed by atoms with Gasteiger partial charge in [-0.1, -0.05) is 10.2 Å². The summed E-state index contributed by atoms with van der Waals surface area (Å²) in [6.07, 6.45) is 6.13. The monoisotopic (exact) mass is 1650 g/mol. The van der Waals surface area contributed by atoms with Crippen LogP contribution in [-0.2, 0) is 76.5 Å². The number of Topliss-reactive ketones (excluding diaryl/α,β-unsaturated/α-hetero) is 1. The molecule has 4 N–H and O–H groups in total. The molecule has 39 heteroatoms. The van der Waals surface area contributed by atoms with Gasteiger partial charge < -0.3 is 24.4 Å². The third-order valence-corrected chi connectivity index (χ3v) is 15.2. The summed E-state index contributed by atoms with van der Waals surface area (Å²) >= 11 is 0. The zero-order valence-corrected chi connectivity index (χ0v) is 66.9. The summed E-state index contributed by atoms with van der Waals surface area (Å²) in [4.78, 5) is 251. The number of imide groups is 8. The molecule has 0 bridgehead atoms. The van der Waals surface area contributed by atoms with Crippen LogP contribution in [0.1, 0.15) is 156 Å². The Balaban J connectivity index is 0.000000235. The number of amides is 20. The largest absolute Gasteiger partial charge is 0.494 e. The SMILES string of the molecule is CC(=O)N(C(=O)OC(C)(C)C)N(C(C)=O)C(=O)c1ccc(N2C(=O)C=CC2=O)cc1.CC(=O)N(NC(=O)c1ccc(N2C(=O)C=CC2=O)cc1)C(=O)OC(C)(C)C.CC(=O)N(NC(=O)c1ccc(N2C(=O)C=CC2=O)cc1)C(C)=O.CC(=O)c1ccc(N2C(=O)C=CC2=O)cc1.CC(C)(C)OC(=O)N=NC(=O)c1ccc(-n2c(O)ccc2O)cc1. The molecule has 0 atom stereocenters. The third-order valence-electron chi connectivity index (χ3n) is 15.2. The highest BCUT2D eigenvalue weighted by Gasteiger charge is 2.38. The fraction of sp³-hybridized carbons (Fsp3) is 0.222. The lowest BCUT2D eigenvalue weighted by Crippen LogP contribution is -2.55. The van der Waals surface area contributed by atoms with Crippen LogP contribution in [0.3, 0.4) is 0 Å². The highest BCUT2D eigenvalue weighted by atomic mass is 16.6. The number of carbonyl (C=O) groups excluding carboxylic acids is 21. The smallest absolute Gasteiger partial charge is 0.453 e. The van der Waals surface area contributed by atoms with Gasteiger partial charge in [-0.3, -0.25) is 102 Å². The van der Waals surface area contributed by atoms with Gasteiger partial charge in [0.25, 0.3) is 70.9 Å². The van der Waals surface area contributed by atoms with Gasteiger partial charge in [0.05, 0.1) is 28.4 Å². The summed E-state index contributed by atoms with van der Waals surface area (Å²) in [7, 11) is 0. The van der Waals surface area contributed by atoms with Gasteiger partial charge in [-0.2, -0.15) is 15.0 Å². The Kier molecular flexibility index (Phi) is 30.5. The van der Waals surface area contributed by atoms with E-state index in [2.05, 4.69) is 21.1 Å². The normalized spacial score (nSPS) is 13.2. The molecule has 20 amide bonds. The van der Waals surface area contributed by atoms with Crippen LogP contribution in [0.2, 0.25) is 0 Å².